The number of carbonyl (C=O) groups is 1. The number of carbonyl (C=O) groups excluding carboxylic acids is 1. The summed E-state index contributed by atoms with van der Waals surface area (Å²) in [6, 6.07) is 7.29. The first kappa shape index (κ1) is 15.1. The fourth-order valence-electron chi connectivity index (χ4n) is 2.65. The molecule has 0 aliphatic carbocycles. The second-order valence-electron chi connectivity index (χ2n) is 5.12. The number of rotatable bonds is 2. The summed E-state index contributed by atoms with van der Waals surface area (Å²) >= 11 is 0. The van der Waals surface area contributed by atoms with Crippen molar-refractivity contribution in [3.63, 3.8) is 0 Å². The van der Waals surface area contributed by atoms with Crippen LogP contribution in [0.1, 0.15) is 6.92 Å². The zero-order valence-electron chi connectivity index (χ0n) is 12.4. The van der Waals surface area contributed by atoms with Crippen LogP contribution in [0.15, 0.2) is 36.4 Å². The number of esters is 1. The van der Waals surface area contributed by atoms with Gasteiger partial charge in [0.25, 0.3) is 0 Å². The minimum Gasteiger partial charge on any atom is -0.424 e. The fraction of sp³-hybridized carbons (Fsp3) is 0.118. The summed E-state index contributed by atoms with van der Waals surface area (Å²) in [5.74, 6) is -2.56. The minimum absolute atomic E-state index is 0.0417. The van der Waals surface area contributed by atoms with Crippen LogP contribution in [0.3, 0.4) is 0 Å². The second-order valence-corrected chi connectivity index (χ2v) is 5.12. The highest BCUT2D eigenvalue weighted by Gasteiger charge is 2.22. The number of hydrogen-bond donors (Lipinski definition) is 0. The Morgan fingerprint density at radius 2 is 1.70 bits per heavy atom. The zero-order valence-corrected chi connectivity index (χ0v) is 12.4. The van der Waals surface area contributed by atoms with Crippen molar-refractivity contribution in [2.75, 3.05) is 0 Å². The third-order valence-corrected chi connectivity index (χ3v) is 3.52. The smallest absolute Gasteiger partial charge is 0.308 e. The Hall–Kier alpha value is -2.76. The van der Waals surface area contributed by atoms with E-state index in [9.17, 15) is 18.0 Å². The maximum absolute atomic E-state index is 14.2. The van der Waals surface area contributed by atoms with Crippen molar-refractivity contribution in [2.24, 2.45) is 7.05 Å². The highest BCUT2D eigenvalue weighted by molar-refractivity contribution is 5.97. The molecule has 0 N–H and O–H groups in total. The summed E-state index contributed by atoms with van der Waals surface area (Å²) < 4.78 is 47.5. The van der Waals surface area contributed by atoms with Crippen LogP contribution >= 0.6 is 0 Å². The molecular weight excluding hydrogens is 307 g/mol. The molecule has 0 fully saturated rings. The Bertz CT molecular complexity index is 914. The van der Waals surface area contributed by atoms with Crippen molar-refractivity contribution >= 4 is 16.9 Å². The van der Waals surface area contributed by atoms with E-state index in [0.717, 1.165) is 12.1 Å². The van der Waals surface area contributed by atoms with Gasteiger partial charge in [0.1, 0.15) is 11.6 Å². The zero-order chi connectivity index (χ0) is 16.7. The Morgan fingerprint density at radius 1 is 1.04 bits per heavy atom. The lowest BCUT2D eigenvalue weighted by molar-refractivity contribution is -0.131. The molecule has 0 unspecified atom stereocenters. The van der Waals surface area contributed by atoms with Gasteiger partial charge in [-0.2, -0.15) is 0 Å². The van der Waals surface area contributed by atoms with Gasteiger partial charge in [-0.05, 0) is 30.3 Å². The van der Waals surface area contributed by atoms with Crippen LogP contribution < -0.4 is 4.74 Å². The Morgan fingerprint density at radius 3 is 2.30 bits per heavy atom. The molecule has 6 heteroatoms. The highest BCUT2D eigenvalue weighted by atomic mass is 19.1. The topological polar surface area (TPSA) is 31.2 Å². The van der Waals surface area contributed by atoms with Gasteiger partial charge in [-0.25, -0.2) is 13.2 Å². The molecule has 0 saturated heterocycles. The Labute approximate surface area is 129 Å². The number of aromatic nitrogens is 1. The van der Waals surface area contributed by atoms with Gasteiger partial charge in [-0.1, -0.05) is 0 Å². The average molecular weight is 319 g/mol. The van der Waals surface area contributed by atoms with Crippen LogP contribution in [-0.4, -0.2) is 10.5 Å². The first-order valence-electron chi connectivity index (χ1n) is 6.80. The first-order valence-corrected chi connectivity index (χ1v) is 6.80. The van der Waals surface area contributed by atoms with Crippen molar-refractivity contribution in [1.29, 1.82) is 0 Å². The van der Waals surface area contributed by atoms with E-state index in [-0.39, 0.29) is 16.7 Å². The molecular formula is C17H12F3NO2. The standard InChI is InChI=1S/C17H12F3NO2/c1-9(22)23-17-13-7-12(19)8-14(20)16(13)21(2)15(17)10-3-5-11(18)6-4-10/h3-8H,1-2H3. The summed E-state index contributed by atoms with van der Waals surface area (Å²) in [5.41, 5.74) is 0.975. The molecule has 118 valence electrons. The monoisotopic (exact) mass is 319 g/mol. The van der Waals surface area contributed by atoms with Crippen molar-refractivity contribution in [1.82, 2.24) is 4.57 Å². The van der Waals surface area contributed by atoms with Gasteiger partial charge in [-0.15, -0.1) is 0 Å². The summed E-state index contributed by atoms with van der Waals surface area (Å²) in [6.45, 7) is 1.20. The van der Waals surface area contributed by atoms with Crippen molar-refractivity contribution in [3.8, 4) is 17.0 Å². The van der Waals surface area contributed by atoms with E-state index < -0.39 is 23.4 Å². The average Bonchev–Trinajstić information content (AvgIpc) is 2.72. The second kappa shape index (κ2) is 5.46. The quantitative estimate of drug-likeness (QED) is 0.663. The molecule has 1 aromatic heterocycles. The molecule has 0 atom stereocenters. The molecule has 3 aromatic rings. The summed E-state index contributed by atoms with van der Waals surface area (Å²) in [6.07, 6.45) is 0. The molecule has 3 nitrogen and oxygen atoms in total. The van der Waals surface area contributed by atoms with Crippen LogP contribution in [0.2, 0.25) is 0 Å². The fourth-order valence-corrected chi connectivity index (χ4v) is 2.65. The maximum Gasteiger partial charge on any atom is 0.308 e. The molecule has 2 aromatic carbocycles. The van der Waals surface area contributed by atoms with Crippen molar-refractivity contribution in [2.45, 2.75) is 6.92 Å². The van der Waals surface area contributed by atoms with Gasteiger partial charge >= 0.3 is 5.97 Å². The van der Waals surface area contributed by atoms with E-state index in [4.69, 9.17) is 4.74 Å². The van der Waals surface area contributed by atoms with E-state index in [1.54, 1.807) is 7.05 Å². The van der Waals surface area contributed by atoms with E-state index in [1.165, 1.54) is 35.8 Å². The number of ether oxygens (including phenoxy) is 1. The number of benzene rings is 2. The predicted octanol–water partition coefficient (Wildman–Crippen LogP) is 4.19. The van der Waals surface area contributed by atoms with Gasteiger partial charge in [-0.3, -0.25) is 4.79 Å². The molecule has 0 aliphatic heterocycles. The summed E-state index contributed by atoms with van der Waals surface area (Å²) in [5, 5.41) is 0.138. The van der Waals surface area contributed by atoms with Crippen LogP contribution in [0.5, 0.6) is 5.75 Å². The number of fused-ring (bicyclic) bond motifs is 1. The third kappa shape index (κ3) is 2.56. The molecule has 0 saturated carbocycles. The first-order chi connectivity index (χ1) is 10.9. The van der Waals surface area contributed by atoms with E-state index in [0.29, 0.717) is 11.3 Å². The molecule has 23 heavy (non-hydrogen) atoms. The van der Waals surface area contributed by atoms with Crippen LogP contribution in [-0.2, 0) is 11.8 Å². The molecule has 0 amide bonds. The largest absolute Gasteiger partial charge is 0.424 e. The summed E-state index contributed by atoms with van der Waals surface area (Å²) in [4.78, 5) is 11.4. The van der Waals surface area contributed by atoms with Crippen LogP contribution in [0, 0.1) is 17.5 Å². The van der Waals surface area contributed by atoms with Gasteiger partial charge in [0, 0.05) is 31.0 Å². The van der Waals surface area contributed by atoms with Crippen molar-refractivity contribution in [3.05, 3.63) is 53.8 Å². The third-order valence-electron chi connectivity index (χ3n) is 3.52. The van der Waals surface area contributed by atoms with Gasteiger partial charge in [0.05, 0.1) is 11.2 Å². The molecule has 0 radical (unpaired) electrons. The lowest BCUT2D eigenvalue weighted by Gasteiger charge is -2.07. The molecule has 0 spiro atoms. The Kier molecular flexibility index (Phi) is 3.60. The number of halogens is 3. The Balaban J connectivity index is 2.39. The van der Waals surface area contributed by atoms with Crippen LogP contribution in [0.25, 0.3) is 22.2 Å². The van der Waals surface area contributed by atoms with Gasteiger partial charge in [0.2, 0.25) is 0 Å². The van der Waals surface area contributed by atoms with Crippen molar-refractivity contribution < 1.29 is 22.7 Å². The molecule has 0 bridgehead atoms. The van der Waals surface area contributed by atoms with Crippen LogP contribution in [0.4, 0.5) is 13.2 Å². The number of aryl methyl sites for hydroxylation is 1. The van der Waals surface area contributed by atoms with E-state index in [2.05, 4.69) is 0 Å². The predicted molar refractivity (Wildman–Crippen MR) is 79.5 cm³/mol. The van der Waals surface area contributed by atoms with E-state index in [1.807, 2.05) is 0 Å². The minimum atomic E-state index is -0.778. The molecule has 3 rings (SSSR count). The SMILES string of the molecule is CC(=O)Oc1c(-c2ccc(F)cc2)n(C)c2c(F)cc(F)cc12. The maximum atomic E-state index is 14.2. The lowest BCUT2D eigenvalue weighted by atomic mass is 10.1. The number of nitrogens with zero attached hydrogens (tertiary/aromatic N) is 1. The molecule has 1 heterocycles. The lowest BCUT2D eigenvalue weighted by Crippen LogP contribution is -2.03. The molecule has 0 aliphatic rings. The normalized spacial score (nSPS) is 11.0. The number of hydrogen-bond acceptors (Lipinski definition) is 2. The van der Waals surface area contributed by atoms with E-state index >= 15 is 0 Å². The summed E-state index contributed by atoms with van der Waals surface area (Å²) in [7, 11) is 1.56. The van der Waals surface area contributed by atoms with Gasteiger partial charge < -0.3 is 9.30 Å². The highest BCUT2D eigenvalue weighted by Crippen LogP contribution is 2.40. The van der Waals surface area contributed by atoms with Gasteiger partial charge in [0.15, 0.2) is 11.6 Å².